The number of esters is 1. The molecule has 3 heteroatoms. The minimum Gasteiger partial charge on any atom is -0.497 e. The molecule has 0 bridgehead atoms. The molecule has 0 unspecified atom stereocenters. The van der Waals surface area contributed by atoms with E-state index in [1.54, 1.807) is 7.11 Å². The van der Waals surface area contributed by atoms with Gasteiger partial charge in [0.05, 0.1) is 13.0 Å². The molecule has 2 aromatic rings. The molecule has 0 spiro atoms. The van der Waals surface area contributed by atoms with Gasteiger partial charge in [0.2, 0.25) is 0 Å². The molecule has 1 aliphatic rings. The largest absolute Gasteiger partial charge is 0.497 e. The third-order valence-electron chi connectivity index (χ3n) is 6.54. The van der Waals surface area contributed by atoms with E-state index in [0.29, 0.717) is 5.75 Å². The Morgan fingerprint density at radius 3 is 2.12 bits per heavy atom. The van der Waals surface area contributed by atoms with Crippen LogP contribution in [0.4, 0.5) is 0 Å². The number of hydrogen-bond acceptors (Lipinski definition) is 3. The van der Waals surface area contributed by atoms with Gasteiger partial charge in [-0.15, -0.1) is 0 Å². The summed E-state index contributed by atoms with van der Waals surface area (Å²) in [5, 5.41) is 0. The van der Waals surface area contributed by atoms with Crippen molar-refractivity contribution < 1.29 is 14.3 Å². The first-order chi connectivity index (χ1) is 15.5. The number of ether oxygens (including phenoxy) is 2. The molecule has 3 rings (SSSR count). The Bertz CT molecular complexity index is 983. The van der Waals surface area contributed by atoms with Crippen molar-refractivity contribution in [1.82, 2.24) is 0 Å². The lowest BCUT2D eigenvalue weighted by atomic mass is 9.76. The van der Waals surface area contributed by atoms with E-state index in [4.69, 9.17) is 9.47 Å². The lowest BCUT2D eigenvalue weighted by molar-refractivity contribution is -0.137. The molecule has 0 aromatic heterocycles. The summed E-state index contributed by atoms with van der Waals surface area (Å²) in [6.07, 6.45) is 7.53. The molecular formula is C30H40O3. The van der Waals surface area contributed by atoms with Gasteiger partial charge in [-0.25, -0.2) is 0 Å². The van der Waals surface area contributed by atoms with Crippen LogP contribution in [0.2, 0.25) is 0 Å². The molecule has 0 amide bonds. The Balaban J connectivity index is 2.11. The first-order valence-electron chi connectivity index (χ1n) is 12.2. The van der Waals surface area contributed by atoms with Gasteiger partial charge in [-0.3, -0.25) is 4.79 Å². The molecule has 1 aliphatic carbocycles. The van der Waals surface area contributed by atoms with Crippen LogP contribution in [0.25, 0.3) is 6.08 Å². The van der Waals surface area contributed by atoms with Gasteiger partial charge in [-0.1, -0.05) is 97.7 Å². The van der Waals surface area contributed by atoms with E-state index < -0.39 is 0 Å². The minimum absolute atomic E-state index is 0.141. The maximum Gasteiger partial charge on any atom is 0.319 e. The van der Waals surface area contributed by atoms with Crippen molar-refractivity contribution in [3.8, 4) is 11.5 Å². The standard InChI is InChI=1S/C30H40O3/c1-9-10-13-21-17-16-20-14-11-12-15-23(20)26(21)28(31)33-27-24(29(2,3)4)18-22(32-8)19-25(27)30(5,6)7/h11-12,14-19,21,26H,9-10,13H2,1-8H3/t21-,26-/m0/s1. The fraction of sp³-hybridized carbons (Fsp3) is 0.500. The third kappa shape index (κ3) is 5.51. The lowest BCUT2D eigenvalue weighted by Gasteiger charge is -2.32. The van der Waals surface area contributed by atoms with Crippen LogP contribution in [0.1, 0.15) is 95.9 Å². The molecule has 0 N–H and O–H groups in total. The Morgan fingerprint density at radius 1 is 0.970 bits per heavy atom. The van der Waals surface area contributed by atoms with Crippen LogP contribution >= 0.6 is 0 Å². The van der Waals surface area contributed by atoms with Crippen LogP contribution in [0.5, 0.6) is 11.5 Å². The van der Waals surface area contributed by atoms with Crippen molar-refractivity contribution in [3.63, 3.8) is 0 Å². The van der Waals surface area contributed by atoms with E-state index in [9.17, 15) is 4.79 Å². The smallest absolute Gasteiger partial charge is 0.319 e. The second-order valence-corrected chi connectivity index (χ2v) is 11.2. The van der Waals surface area contributed by atoms with Gasteiger partial charge in [-0.05, 0) is 46.4 Å². The topological polar surface area (TPSA) is 35.5 Å². The molecule has 178 valence electrons. The van der Waals surface area contributed by atoms with Crippen molar-refractivity contribution >= 4 is 12.0 Å². The maximum atomic E-state index is 13.9. The summed E-state index contributed by atoms with van der Waals surface area (Å²) in [6, 6.07) is 12.2. The van der Waals surface area contributed by atoms with Gasteiger partial charge in [-0.2, -0.15) is 0 Å². The molecule has 0 radical (unpaired) electrons. The van der Waals surface area contributed by atoms with Gasteiger partial charge in [0.15, 0.2) is 0 Å². The normalized spacial score (nSPS) is 18.1. The van der Waals surface area contributed by atoms with Crippen LogP contribution in [0.15, 0.2) is 42.5 Å². The Hall–Kier alpha value is -2.55. The fourth-order valence-electron chi connectivity index (χ4n) is 4.63. The predicted molar refractivity (Wildman–Crippen MR) is 137 cm³/mol. The number of carbonyl (C=O) groups excluding carboxylic acids is 1. The average molecular weight is 449 g/mol. The monoisotopic (exact) mass is 448 g/mol. The van der Waals surface area contributed by atoms with E-state index in [0.717, 1.165) is 47.3 Å². The summed E-state index contributed by atoms with van der Waals surface area (Å²) < 4.78 is 12.0. The molecule has 2 aromatic carbocycles. The highest BCUT2D eigenvalue weighted by Crippen LogP contribution is 2.44. The van der Waals surface area contributed by atoms with Crippen molar-refractivity contribution in [3.05, 3.63) is 64.7 Å². The number of benzene rings is 2. The zero-order chi connectivity index (χ0) is 24.4. The van der Waals surface area contributed by atoms with E-state index in [2.05, 4.69) is 72.8 Å². The Kier molecular flexibility index (Phi) is 7.41. The van der Waals surface area contributed by atoms with Crippen LogP contribution < -0.4 is 9.47 Å². The molecule has 0 aliphatic heterocycles. The first-order valence-corrected chi connectivity index (χ1v) is 12.2. The van der Waals surface area contributed by atoms with Crippen LogP contribution in [0, 0.1) is 5.92 Å². The van der Waals surface area contributed by atoms with Crippen LogP contribution in [-0.2, 0) is 15.6 Å². The Morgan fingerprint density at radius 2 is 1.58 bits per heavy atom. The molecule has 0 saturated heterocycles. The maximum absolute atomic E-state index is 13.9. The molecule has 0 saturated carbocycles. The van der Waals surface area contributed by atoms with E-state index in [1.165, 1.54) is 0 Å². The summed E-state index contributed by atoms with van der Waals surface area (Å²) in [6.45, 7) is 15.1. The summed E-state index contributed by atoms with van der Waals surface area (Å²) in [7, 11) is 1.68. The van der Waals surface area contributed by atoms with Gasteiger partial charge < -0.3 is 9.47 Å². The van der Waals surface area contributed by atoms with Crippen molar-refractivity contribution in [2.45, 2.75) is 84.5 Å². The second-order valence-electron chi connectivity index (χ2n) is 11.2. The number of carbonyl (C=O) groups is 1. The summed E-state index contributed by atoms with van der Waals surface area (Å²) >= 11 is 0. The summed E-state index contributed by atoms with van der Waals surface area (Å²) in [5.74, 6) is 1.13. The van der Waals surface area contributed by atoms with Gasteiger partial charge >= 0.3 is 5.97 Å². The molecule has 0 heterocycles. The van der Waals surface area contributed by atoms with Crippen molar-refractivity contribution in [1.29, 1.82) is 0 Å². The first kappa shape index (κ1) is 25.1. The van der Waals surface area contributed by atoms with Gasteiger partial charge in [0, 0.05) is 11.1 Å². The van der Waals surface area contributed by atoms with Crippen molar-refractivity contribution in [2.24, 2.45) is 5.92 Å². The fourth-order valence-corrected chi connectivity index (χ4v) is 4.63. The van der Waals surface area contributed by atoms with Crippen LogP contribution in [-0.4, -0.2) is 13.1 Å². The second kappa shape index (κ2) is 9.75. The number of methoxy groups -OCH3 is 1. The summed E-state index contributed by atoms with van der Waals surface area (Å²) in [5.41, 5.74) is 3.73. The number of allylic oxidation sites excluding steroid dienone is 1. The van der Waals surface area contributed by atoms with Crippen molar-refractivity contribution in [2.75, 3.05) is 7.11 Å². The highest BCUT2D eigenvalue weighted by molar-refractivity contribution is 5.85. The number of hydrogen-bond donors (Lipinski definition) is 0. The molecular weight excluding hydrogens is 408 g/mol. The third-order valence-corrected chi connectivity index (χ3v) is 6.54. The van der Waals surface area contributed by atoms with Crippen LogP contribution in [0.3, 0.4) is 0 Å². The van der Waals surface area contributed by atoms with E-state index in [1.807, 2.05) is 24.3 Å². The zero-order valence-corrected chi connectivity index (χ0v) is 21.6. The Labute approximate surface area is 200 Å². The van der Waals surface area contributed by atoms with Gasteiger partial charge in [0.1, 0.15) is 11.5 Å². The number of fused-ring (bicyclic) bond motifs is 1. The highest BCUT2D eigenvalue weighted by Gasteiger charge is 2.36. The molecule has 3 nitrogen and oxygen atoms in total. The quantitative estimate of drug-likeness (QED) is 0.334. The SMILES string of the molecule is CCCC[C@H]1C=Cc2ccccc2[C@H]1C(=O)Oc1c(C(C)(C)C)cc(OC)cc1C(C)(C)C. The number of rotatable bonds is 6. The number of unbranched alkanes of at least 4 members (excludes halogenated alkanes) is 1. The zero-order valence-electron chi connectivity index (χ0n) is 21.6. The average Bonchev–Trinajstić information content (AvgIpc) is 2.75. The highest BCUT2D eigenvalue weighted by atomic mass is 16.5. The molecule has 33 heavy (non-hydrogen) atoms. The molecule has 0 fully saturated rings. The predicted octanol–water partition coefficient (Wildman–Crippen LogP) is 7.81. The van der Waals surface area contributed by atoms with E-state index in [-0.39, 0.29) is 28.6 Å². The minimum atomic E-state index is -0.305. The van der Waals surface area contributed by atoms with E-state index >= 15 is 0 Å². The molecule has 2 atom stereocenters. The summed E-state index contributed by atoms with van der Waals surface area (Å²) in [4.78, 5) is 13.9. The lowest BCUT2D eigenvalue weighted by Crippen LogP contribution is -2.30. The van der Waals surface area contributed by atoms with Gasteiger partial charge in [0.25, 0.3) is 0 Å².